The highest BCUT2D eigenvalue weighted by Crippen LogP contribution is 2.17. The van der Waals surface area contributed by atoms with Gasteiger partial charge in [-0.2, -0.15) is 8.78 Å². The summed E-state index contributed by atoms with van der Waals surface area (Å²) in [5, 5.41) is 0. The van der Waals surface area contributed by atoms with E-state index in [2.05, 4.69) is 4.74 Å². The number of thiocarbonyl (C=S) groups is 1. The molecule has 0 aromatic heterocycles. The second-order valence-electron chi connectivity index (χ2n) is 4.55. The molecule has 1 amide bonds. The Hall–Kier alpha value is -1.76. The van der Waals surface area contributed by atoms with Gasteiger partial charge < -0.3 is 15.4 Å². The van der Waals surface area contributed by atoms with E-state index >= 15 is 0 Å². The summed E-state index contributed by atoms with van der Waals surface area (Å²) in [6, 6.07) is 5.71. The van der Waals surface area contributed by atoms with Crippen molar-refractivity contribution in [2.24, 2.45) is 11.7 Å². The lowest BCUT2D eigenvalue weighted by atomic mass is 10.1. The lowest BCUT2D eigenvalue weighted by Crippen LogP contribution is -2.38. The Kier molecular flexibility index (Phi) is 6.48. The summed E-state index contributed by atoms with van der Waals surface area (Å²) in [7, 11) is 0. The summed E-state index contributed by atoms with van der Waals surface area (Å²) in [6.07, 6.45) is 0. The van der Waals surface area contributed by atoms with Gasteiger partial charge in [0.05, 0.1) is 4.99 Å². The SMILES string of the molecule is CCN(CC(C)C(N)=S)C(=O)c1cccc(OC(F)F)c1. The number of carbonyl (C=O) groups is 1. The zero-order valence-corrected chi connectivity index (χ0v) is 12.7. The number of benzene rings is 1. The van der Waals surface area contributed by atoms with Crippen molar-refractivity contribution >= 4 is 23.1 Å². The van der Waals surface area contributed by atoms with Crippen molar-refractivity contribution in [1.82, 2.24) is 4.90 Å². The van der Waals surface area contributed by atoms with Crippen LogP contribution < -0.4 is 10.5 Å². The molecule has 0 aliphatic carbocycles. The fraction of sp³-hybridized carbons (Fsp3) is 0.429. The van der Waals surface area contributed by atoms with Crippen LogP contribution in [0.2, 0.25) is 0 Å². The zero-order chi connectivity index (χ0) is 16.0. The zero-order valence-electron chi connectivity index (χ0n) is 11.9. The third-order valence-electron chi connectivity index (χ3n) is 2.96. The summed E-state index contributed by atoms with van der Waals surface area (Å²) in [5.41, 5.74) is 5.83. The number of nitrogens with zero attached hydrogens (tertiary/aromatic N) is 1. The van der Waals surface area contributed by atoms with E-state index in [1.54, 1.807) is 11.0 Å². The molecule has 0 saturated carbocycles. The number of halogens is 2. The molecule has 0 fully saturated rings. The molecular formula is C14H18F2N2O2S. The second-order valence-corrected chi connectivity index (χ2v) is 5.02. The van der Waals surface area contributed by atoms with Gasteiger partial charge >= 0.3 is 6.61 Å². The minimum atomic E-state index is -2.92. The van der Waals surface area contributed by atoms with E-state index in [0.29, 0.717) is 18.1 Å². The molecule has 1 aromatic carbocycles. The fourth-order valence-electron chi connectivity index (χ4n) is 1.76. The van der Waals surface area contributed by atoms with Crippen molar-refractivity contribution in [2.75, 3.05) is 13.1 Å². The molecule has 0 aliphatic rings. The van der Waals surface area contributed by atoms with Crippen LogP contribution in [0.15, 0.2) is 24.3 Å². The van der Waals surface area contributed by atoms with Crippen molar-refractivity contribution in [3.63, 3.8) is 0 Å². The summed E-state index contributed by atoms with van der Waals surface area (Å²) in [5.74, 6) is -0.445. The fourth-order valence-corrected chi connectivity index (χ4v) is 1.84. The van der Waals surface area contributed by atoms with E-state index in [-0.39, 0.29) is 23.1 Å². The molecule has 0 heterocycles. The van der Waals surface area contributed by atoms with Gasteiger partial charge in [0.2, 0.25) is 0 Å². The predicted octanol–water partition coefficient (Wildman–Crippen LogP) is 2.67. The first kappa shape index (κ1) is 17.3. The maximum Gasteiger partial charge on any atom is 0.387 e. The van der Waals surface area contributed by atoms with Crippen molar-refractivity contribution in [3.8, 4) is 5.75 Å². The Bertz CT molecular complexity index is 512. The Labute approximate surface area is 127 Å². The monoisotopic (exact) mass is 316 g/mol. The first-order valence-electron chi connectivity index (χ1n) is 6.48. The number of hydrogen-bond donors (Lipinski definition) is 1. The summed E-state index contributed by atoms with van der Waals surface area (Å²) >= 11 is 4.89. The van der Waals surface area contributed by atoms with Crippen LogP contribution in [-0.2, 0) is 0 Å². The molecule has 1 atom stereocenters. The largest absolute Gasteiger partial charge is 0.435 e. The molecule has 1 unspecified atom stereocenters. The number of nitrogens with two attached hydrogens (primary N) is 1. The van der Waals surface area contributed by atoms with Crippen molar-refractivity contribution in [2.45, 2.75) is 20.5 Å². The lowest BCUT2D eigenvalue weighted by molar-refractivity contribution is -0.0499. The van der Waals surface area contributed by atoms with E-state index in [1.807, 2.05) is 13.8 Å². The number of hydrogen-bond acceptors (Lipinski definition) is 3. The van der Waals surface area contributed by atoms with Crippen LogP contribution in [0.5, 0.6) is 5.75 Å². The van der Waals surface area contributed by atoms with Crippen LogP contribution in [-0.4, -0.2) is 35.5 Å². The maximum absolute atomic E-state index is 12.4. The number of amides is 1. The number of ether oxygens (including phenoxy) is 1. The van der Waals surface area contributed by atoms with Gasteiger partial charge in [0.25, 0.3) is 5.91 Å². The van der Waals surface area contributed by atoms with Crippen molar-refractivity contribution in [3.05, 3.63) is 29.8 Å². The summed E-state index contributed by atoms with van der Waals surface area (Å²) in [4.78, 5) is 14.3. The van der Waals surface area contributed by atoms with E-state index in [1.165, 1.54) is 18.2 Å². The molecule has 4 nitrogen and oxygen atoms in total. The number of rotatable bonds is 7. The highest BCUT2D eigenvalue weighted by atomic mass is 32.1. The number of alkyl halides is 2. The molecule has 1 aromatic rings. The Balaban J connectivity index is 2.87. The molecule has 0 spiro atoms. The van der Waals surface area contributed by atoms with Gasteiger partial charge in [-0.25, -0.2) is 0 Å². The highest BCUT2D eigenvalue weighted by Gasteiger charge is 2.18. The third-order valence-corrected chi connectivity index (χ3v) is 3.36. The summed E-state index contributed by atoms with van der Waals surface area (Å²) < 4.78 is 28.7. The molecule has 2 N–H and O–H groups in total. The van der Waals surface area contributed by atoms with E-state index < -0.39 is 6.61 Å². The van der Waals surface area contributed by atoms with Gasteiger partial charge in [-0.15, -0.1) is 0 Å². The van der Waals surface area contributed by atoms with E-state index in [0.717, 1.165) is 0 Å². The van der Waals surface area contributed by atoms with Crippen LogP contribution in [0.1, 0.15) is 24.2 Å². The third kappa shape index (κ3) is 5.26. The Morgan fingerprint density at radius 3 is 2.67 bits per heavy atom. The molecule has 0 saturated heterocycles. The average Bonchev–Trinajstić information content (AvgIpc) is 2.43. The number of carbonyl (C=O) groups excluding carboxylic acids is 1. The van der Waals surface area contributed by atoms with Gasteiger partial charge in [0.1, 0.15) is 5.75 Å². The molecule has 116 valence electrons. The van der Waals surface area contributed by atoms with Crippen LogP contribution >= 0.6 is 12.2 Å². The molecular weight excluding hydrogens is 298 g/mol. The summed E-state index contributed by atoms with van der Waals surface area (Å²) in [6.45, 7) is 1.57. The van der Waals surface area contributed by atoms with Gasteiger partial charge in [0, 0.05) is 24.6 Å². The average molecular weight is 316 g/mol. The normalized spacial score (nSPS) is 12.0. The van der Waals surface area contributed by atoms with Gasteiger partial charge in [0.15, 0.2) is 0 Å². The van der Waals surface area contributed by atoms with Gasteiger partial charge in [-0.05, 0) is 25.1 Å². The first-order valence-corrected chi connectivity index (χ1v) is 6.89. The van der Waals surface area contributed by atoms with Crippen LogP contribution in [0.4, 0.5) is 8.78 Å². The highest BCUT2D eigenvalue weighted by molar-refractivity contribution is 7.80. The van der Waals surface area contributed by atoms with E-state index in [9.17, 15) is 13.6 Å². The van der Waals surface area contributed by atoms with E-state index in [4.69, 9.17) is 18.0 Å². The predicted molar refractivity (Wildman–Crippen MR) is 80.6 cm³/mol. The minimum absolute atomic E-state index is 0.0469. The Morgan fingerprint density at radius 1 is 1.48 bits per heavy atom. The van der Waals surface area contributed by atoms with Crippen LogP contribution in [0.25, 0.3) is 0 Å². The second kappa shape index (κ2) is 7.87. The van der Waals surface area contributed by atoms with Gasteiger partial charge in [-0.1, -0.05) is 25.2 Å². The first-order chi connectivity index (χ1) is 9.85. The Morgan fingerprint density at radius 2 is 2.14 bits per heavy atom. The maximum atomic E-state index is 12.4. The van der Waals surface area contributed by atoms with Crippen molar-refractivity contribution < 1.29 is 18.3 Å². The minimum Gasteiger partial charge on any atom is -0.435 e. The molecule has 7 heteroatoms. The van der Waals surface area contributed by atoms with Crippen LogP contribution in [0.3, 0.4) is 0 Å². The molecule has 0 radical (unpaired) electrons. The molecule has 0 bridgehead atoms. The van der Waals surface area contributed by atoms with Crippen molar-refractivity contribution in [1.29, 1.82) is 0 Å². The molecule has 0 aliphatic heterocycles. The lowest BCUT2D eigenvalue weighted by Gasteiger charge is -2.24. The van der Waals surface area contributed by atoms with Crippen LogP contribution in [0, 0.1) is 5.92 Å². The molecule has 21 heavy (non-hydrogen) atoms. The smallest absolute Gasteiger partial charge is 0.387 e. The molecule has 1 rings (SSSR count). The topological polar surface area (TPSA) is 55.6 Å². The van der Waals surface area contributed by atoms with Gasteiger partial charge in [-0.3, -0.25) is 4.79 Å². The standard InChI is InChI=1S/C14H18F2N2O2S/c1-3-18(8-9(2)12(17)21)13(19)10-5-4-6-11(7-10)20-14(15)16/h4-7,9,14H,3,8H2,1-2H3,(H2,17,21). The quantitative estimate of drug-likeness (QED) is 0.786.